The number of fused-ring (bicyclic) bond motifs is 1. The quantitative estimate of drug-likeness (QED) is 0.0233. The van der Waals surface area contributed by atoms with Gasteiger partial charge in [-0.1, -0.05) is 270 Å². The molecule has 3 rings (SSSR count). The van der Waals surface area contributed by atoms with E-state index in [0.717, 1.165) is 128 Å². The summed E-state index contributed by atoms with van der Waals surface area (Å²) in [5.41, 5.74) is 31.3. The first-order chi connectivity index (χ1) is 62.2. The summed E-state index contributed by atoms with van der Waals surface area (Å²) in [6, 6.07) is -0.555. The van der Waals surface area contributed by atoms with Gasteiger partial charge in [0.05, 0.1) is 13.2 Å². The van der Waals surface area contributed by atoms with Gasteiger partial charge in [-0.2, -0.15) is 21.7 Å². The molecule has 0 saturated carbocycles. The number of carboxylic acids is 2. The van der Waals surface area contributed by atoms with Crippen LogP contribution in [0.2, 0.25) is 0 Å². The molecule has 128 heavy (non-hydrogen) atoms. The molecule has 0 fully saturated rings. The first-order valence-corrected chi connectivity index (χ1v) is 51.5. The Morgan fingerprint density at radius 3 is 1.10 bits per heavy atom. The maximum atomic E-state index is 14.8. The van der Waals surface area contributed by atoms with Gasteiger partial charge in [0.25, 0.3) is 0 Å². The van der Waals surface area contributed by atoms with Gasteiger partial charge in [-0.05, 0) is 171 Å². The van der Waals surface area contributed by atoms with E-state index in [9.17, 15) is 53.1 Å². The number of aromatic nitrogens is 4. The van der Waals surface area contributed by atoms with Crippen molar-refractivity contribution < 1.29 is 58.5 Å². The van der Waals surface area contributed by atoms with Crippen LogP contribution in [0.5, 0.6) is 0 Å². The third-order valence-corrected chi connectivity index (χ3v) is 25.5. The number of hydrogen-bond acceptors (Lipinski definition) is 20. The molecule has 2 heterocycles. The van der Waals surface area contributed by atoms with Crippen LogP contribution in [0, 0.1) is 5.92 Å². The summed E-state index contributed by atoms with van der Waals surface area (Å²) in [6.07, 6.45) is 54.6. The number of nitrogens with one attached hydrogen (secondary N) is 9. The zero-order chi connectivity index (χ0) is 93.3. The van der Waals surface area contributed by atoms with Crippen LogP contribution in [-0.4, -0.2) is 175 Å². The fourth-order valence-electron chi connectivity index (χ4n) is 16.3. The summed E-state index contributed by atoms with van der Waals surface area (Å²) < 4.78 is 1.45. The Morgan fingerprint density at radius 1 is 0.391 bits per heavy atom. The van der Waals surface area contributed by atoms with Gasteiger partial charge in [-0.3, -0.25) is 47.7 Å². The summed E-state index contributed by atoms with van der Waals surface area (Å²) >= 11 is 1.62. The zero-order valence-corrected chi connectivity index (χ0v) is 79.8. The maximum absolute atomic E-state index is 14.8. The number of amides is 7. The molecule has 1 unspecified atom stereocenters. The fraction of sp³-hybridized carbons (Fsp3) is 0.794. The highest BCUT2D eigenvalue weighted by atomic mass is 32.2. The normalized spacial score (nSPS) is 13.1. The van der Waals surface area contributed by atoms with E-state index in [1.165, 1.54) is 159 Å². The molecule has 30 nitrogen and oxygen atoms in total. The Hall–Kier alpha value is -7.45. The van der Waals surface area contributed by atoms with Gasteiger partial charge in [0.1, 0.15) is 41.8 Å². The SMILES string of the molecule is CCCCCCCCCCCCCCCC(=O)N[C@@H](CSCC(CCCCCCCCCCCCCCCCC(=O)O)CCCCCCCCCCCCCCCC(=O)O)C(=O)N[C@@H](CO)C(=O)N[C@@H](CCCCN)C(=O)N[C@@H](CCCCN)C(=O)N[C@@H](CCCCN)C(=O)N[C@@H](CCCCN)C(=O)Nc1ccc(Cn2c(=O)[nH]c3c(N)nc(NCCCC)nc32)cc1. The lowest BCUT2D eigenvalue weighted by molar-refractivity contribution is -0.138. The molecule has 0 aliphatic carbocycles. The van der Waals surface area contributed by atoms with Crippen molar-refractivity contribution in [3.05, 3.63) is 40.3 Å². The Kier molecular flexibility index (Phi) is 68.2. The first kappa shape index (κ1) is 115. The van der Waals surface area contributed by atoms with Crippen LogP contribution in [0.1, 0.15) is 398 Å². The second-order valence-electron chi connectivity index (χ2n) is 35.7. The maximum Gasteiger partial charge on any atom is 0.328 e. The number of carbonyl (C=O) groups excluding carboxylic acids is 7. The van der Waals surface area contributed by atoms with Crippen LogP contribution < -0.4 is 76.9 Å². The van der Waals surface area contributed by atoms with Crippen molar-refractivity contribution in [1.29, 1.82) is 0 Å². The Labute approximate surface area is 771 Å². The molecular formula is C97H175N17O13S. The van der Waals surface area contributed by atoms with Gasteiger partial charge >= 0.3 is 17.6 Å². The summed E-state index contributed by atoms with van der Waals surface area (Å²) in [4.78, 5) is 148. The Bertz CT molecular complexity index is 3500. The largest absolute Gasteiger partial charge is 0.481 e. The van der Waals surface area contributed by atoms with E-state index in [-0.39, 0.29) is 82.1 Å². The van der Waals surface area contributed by atoms with Gasteiger partial charge < -0.3 is 91.5 Å². The molecule has 0 spiro atoms. The highest BCUT2D eigenvalue weighted by Gasteiger charge is 2.34. The first-order valence-electron chi connectivity index (χ1n) is 50.4. The third kappa shape index (κ3) is 55.7. The fourth-order valence-corrected chi connectivity index (χ4v) is 17.5. The summed E-state index contributed by atoms with van der Waals surface area (Å²) in [6.45, 7) is 5.42. The number of benzene rings is 1. The van der Waals surface area contributed by atoms with Crippen molar-refractivity contribution in [3.8, 4) is 0 Å². The molecule has 31 heteroatoms. The van der Waals surface area contributed by atoms with Gasteiger partial charge in [-0.25, -0.2) is 4.79 Å². The monoisotopic (exact) mass is 1820 g/mol. The molecule has 3 aromatic rings. The Morgan fingerprint density at radius 2 is 0.727 bits per heavy atom. The molecule has 1 aromatic carbocycles. The second kappa shape index (κ2) is 76.1. The number of nitrogen functional groups attached to an aromatic ring is 1. The number of aliphatic carboxylic acids is 2. The van der Waals surface area contributed by atoms with Gasteiger partial charge in [0, 0.05) is 37.2 Å². The number of aromatic amines is 1. The lowest BCUT2D eigenvalue weighted by Crippen LogP contribution is -2.60. The van der Waals surface area contributed by atoms with Crippen LogP contribution in [0.3, 0.4) is 0 Å². The van der Waals surface area contributed by atoms with E-state index in [1.807, 2.05) is 0 Å². The van der Waals surface area contributed by atoms with Crippen LogP contribution >= 0.6 is 11.8 Å². The number of carbonyl (C=O) groups is 9. The predicted molar refractivity (Wildman–Crippen MR) is 520 cm³/mol. The number of aliphatic hydroxyl groups excluding tert-OH is 1. The van der Waals surface area contributed by atoms with Crippen LogP contribution in [0.4, 0.5) is 17.5 Å². The van der Waals surface area contributed by atoms with Crippen molar-refractivity contribution >= 4 is 93.7 Å². The minimum Gasteiger partial charge on any atom is -0.481 e. The average molecular weight is 1820 g/mol. The molecule has 732 valence electrons. The zero-order valence-electron chi connectivity index (χ0n) is 79.0. The second-order valence-corrected chi connectivity index (χ2v) is 36.7. The molecule has 0 aliphatic heterocycles. The molecular weight excluding hydrogens is 1640 g/mol. The molecule has 7 amide bonds. The van der Waals surface area contributed by atoms with Crippen molar-refractivity contribution in [3.63, 3.8) is 0 Å². The number of anilines is 3. The van der Waals surface area contributed by atoms with Crippen LogP contribution in [0.15, 0.2) is 29.1 Å². The van der Waals surface area contributed by atoms with E-state index < -0.39 is 95.9 Å². The number of unbranched alkanes of at least 4 members (excludes halogenated alkanes) is 42. The standard InChI is InChI=1S/C97H175N17O13S/c1-3-5-7-8-9-10-11-15-22-27-32-37-42-59-84(116)105-83(74-128-73-76(54-41-36-31-26-21-17-14-19-24-29-34-39-44-61-86(119)120)53-40-35-30-25-20-16-12-13-18-23-28-33-38-43-60-85(117)118)95(126)110-82(72-115)94(125)109-81(58-48-52-69-101)93(124)108-80(57-47-51-68-100)92(123)107-79(56-46-50-67-99)91(122)106-78(55-45-49-66-98)90(121)104-77-64-62-75(63-65-77)71-114-89-87(111-97(114)127)88(102)112-96(113-89)103-70-6-4-2/h62-65,76,78-83,115H,3-61,66-74,98-101H2,1-2H3,(H,104,121)(H,105,116)(H,106,122)(H,107,123)(H,108,124)(H,109,125)(H,110,126)(H,111,127)(H,117,118)(H,119,120)(H3,102,103,112,113)/t76?,78-,79-,80-,81-,82-,83-/m0/s1. The minimum absolute atomic E-state index is 0.0656. The van der Waals surface area contributed by atoms with Crippen molar-refractivity contribution in [2.45, 2.75) is 435 Å². The van der Waals surface area contributed by atoms with Crippen molar-refractivity contribution in [2.24, 2.45) is 28.9 Å². The number of aliphatic hydroxyl groups is 1. The molecule has 2 aromatic heterocycles. The Balaban J connectivity index is 1.82. The third-order valence-electron chi connectivity index (χ3n) is 24.2. The number of H-pyrrole nitrogens is 1. The van der Waals surface area contributed by atoms with Crippen molar-refractivity contribution in [1.82, 2.24) is 51.4 Å². The minimum atomic E-state index is -1.55. The van der Waals surface area contributed by atoms with E-state index in [4.69, 9.17) is 38.9 Å². The van der Waals surface area contributed by atoms with Crippen LogP contribution in [0.25, 0.3) is 11.2 Å². The molecule has 7 atom stereocenters. The lowest BCUT2D eigenvalue weighted by atomic mass is 9.95. The van der Waals surface area contributed by atoms with Crippen LogP contribution in [-0.2, 0) is 49.7 Å². The summed E-state index contributed by atoms with van der Waals surface area (Å²) in [7, 11) is 0. The molecule has 0 bridgehead atoms. The van der Waals surface area contributed by atoms with E-state index in [2.05, 4.69) is 71.3 Å². The number of nitrogens with zero attached hydrogens (tertiary/aromatic N) is 3. The highest BCUT2D eigenvalue weighted by molar-refractivity contribution is 7.99. The van der Waals surface area contributed by atoms with Gasteiger partial charge in [0.2, 0.25) is 47.3 Å². The average Bonchev–Trinajstić information content (AvgIpc) is 1.63. The molecule has 0 radical (unpaired) electrons. The topological polar surface area (TPSA) is 504 Å². The number of thioether (sulfide) groups is 1. The molecule has 22 N–H and O–H groups in total. The van der Waals surface area contributed by atoms with Crippen molar-refractivity contribution in [2.75, 3.05) is 67.2 Å². The van der Waals surface area contributed by atoms with Gasteiger partial charge in [-0.15, -0.1) is 0 Å². The molecule has 0 saturated heterocycles. The van der Waals surface area contributed by atoms with E-state index in [1.54, 1.807) is 36.0 Å². The summed E-state index contributed by atoms with van der Waals surface area (Å²) in [5, 5.41) is 52.1. The van der Waals surface area contributed by atoms with E-state index in [0.29, 0.717) is 112 Å². The smallest absolute Gasteiger partial charge is 0.328 e. The summed E-state index contributed by atoms with van der Waals surface area (Å²) in [5.74, 6) is -4.01. The lowest BCUT2D eigenvalue weighted by Gasteiger charge is -2.27. The number of carboxylic acid groups (broad SMARTS) is 2. The number of rotatable bonds is 87. The highest BCUT2D eigenvalue weighted by Crippen LogP contribution is 2.27. The number of hydrogen-bond donors (Lipinski definition) is 17. The predicted octanol–water partition coefficient (Wildman–Crippen LogP) is 15.4. The van der Waals surface area contributed by atoms with E-state index >= 15 is 0 Å². The van der Waals surface area contributed by atoms with Gasteiger partial charge in [0.15, 0.2) is 11.5 Å². The number of imidazole rings is 1. The molecule has 0 aliphatic rings. The number of nitrogens with two attached hydrogens (primary N) is 5.